The molecule has 1 aliphatic rings. The number of amides is 1. The zero-order valence-corrected chi connectivity index (χ0v) is 13.9. The van der Waals surface area contributed by atoms with E-state index in [1.165, 1.54) is 11.8 Å². The van der Waals surface area contributed by atoms with Crippen molar-refractivity contribution in [2.75, 3.05) is 11.1 Å². The van der Waals surface area contributed by atoms with E-state index in [4.69, 9.17) is 0 Å². The van der Waals surface area contributed by atoms with Crippen molar-refractivity contribution in [3.8, 4) is 0 Å². The van der Waals surface area contributed by atoms with E-state index in [9.17, 15) is 18.4 Å². The van der Waals surface area contributed by atoms with Gasteiger partial charge in [-0.2, -0.15) is 4.98 Å². The highest BCUT2D eigenvalue weighted by atomic mass is 32.2. The van der Waals surface area contributed by atoms with Gasteiger partial charge in [0.15, 0.2) is 5.16 Å². The number of thioether (sulfide) groups is 1. The van der Waals surface area contributed by atoms with Crippen molar-refractivity contribution in [2.45, 2.75) is 24.4 Å². The second-order valence-electron chi connectivity index (χ2n) is 5.42. The lowest BCUT2D eigenvalue weighted by Crippen LogP contribution is -2.33. The summed E-state index contributed by atoms with van der Waals surface area (Å²) in [6.07, 6.45) is -0.134. The number of anilines is 1. The van der Waals surface area contributed by atoms with Gasteiger partial charge >= 0.3 is 0 Å². The molecule has 0 aliphatic carbocycles. The number of carbonyl (C=O) groups is 1. The molecule has 0 saturated carbocycles. The van der Waals surface area contributed by atoms with Crippen LogP contribution < -0.4 is 10.9 Å². The van der Waals surface area contributed by atoms with E-state index in [1.54, 1.807) is 11.6 Å². The number of rotatable bonds is 3. The van der Waals surface area contributed by atoms with Gasteiger partial charge in [-0.15, -0.1) is 0 Å². The maximum atomic E-state index is 14.2. The van der Waals surface area contributed by atoms with Gasteiger partial charge in [0, 0.05) is 19.4 Å². The van der Waals surface area contributed by atoms with Crippen LogP contribution in [0.5, 0.6) is 0 Å². The van der Waals surface area contributed by atoms with Crippen molar-refractivity contribution < 1.29 is 13.6 Å². The van der Waals surface area contributed by atoms with Crippen LogP contribution in [-0.2, 0) is 11.8 Å². The monoisotopic (exact) mass is 351 g/mol. The largest absolute Gasteiger partial charge is 0.312 e. The number of aromatic nitrogens is 2. The van der Waals surface area contributed by atoms with E-state index in [1.807, 2.05) is 6.92 Å². The van der Waals surface area contributed by atoms with E-state index >= 15 is 0 Å². The Bertz CT molecular complexity index is 882. The van der Waals surface area contributed by atoms with E-state index in [0.717, 1.165) is 18.2 Å². The molecule has 0 bridgehead atoms. The Morgan fingerprint density at radius 1 is 1.38 bits per heavy atom. The van der Waals surface area contributed by atoms with E-state index in [-0.39, 0.29) is 29.3 Å². The van der Waals surface area contributed by atoms with Gasteiger partial charge in [0.1, 0.15) is 17.5 Å². The quantitative estimate of drug-likeness (QED) is 0.682. The van der Waals surface area contributed by atoms with Crippen LogP contribution in [0, 0.1) is 11.6 Å². The third kappa shape index (κ3) is 2.82. The summed E-state index contributed by atoms with van der Waals surface area (Å²) in [5.41, 5.74) is -0.365. The van der Waals surface area contributed by atoms with Gasteiger partial charge in [0.2, 0.25) is 5.91 Å². The molecule has 2 heterocycles. The number of fused-ring (bicyclic) bond motifs is 1. The molecule has 3 rings (SSSR count). The zero-order valence-electron chi connectivity index (χ0n) is 13.1. The van der Waals surface area contributed by atoms with Crippen LogP contribution in [0.4, 0.5) is 14.6 Å². The van der Waals surface area contributed by atoms with Crippen LogP contribution in [0.25, 0.3) is 0 Å². The molecular formula is C16H15F2N3O2S. The molecule has 0 radical (unpaired) electrons. The van der Waals surface area contributed by atoms with Crippen molar-refractivity contribution in [3.05, 3.63) is 51.3 Å². The molecule has 24 heavy (non-hydrogen) atoms. The Morgan fingerprint density at radius 3 is 2.83 bits per heavy atom. The summed E-state index contributed by atoms with van der Waals surface area (Å²) in [6.45, 7) is 1.92. The van der Waals surface area contributed by atoms with Gasteiger partial charge < -0.3 is 9.88 Å². The summed E-state index contributed by atoms with van der Waals surface area (Å²) in [5.74, 6) is -1.51. The fourth-order valence-electron chi connectivity index (χ4n) is 2.84. The fourth-order valence-corrected chi connectivity index (χ4v) is 3.53. The van der Waals surface area contributed by atoms with Crippen LogP contribution in [0.15, 0.2) is 28.2 Å². The van der Waals surface area contributed by atoms with Crippen LogP contribution in [0.1, 0.15) is 30.4 Å². The zero-order chi connectivity index (χ0) is 17.4. The maximum Gasteiger partial charge on any atom is 0.279 e. The van der Waals surface area contributed by atoms with Crippen molar-refractivity contribution in [1.82, 2.24) is 9.55 Å². The van der Waals surface area contributed by atoms with Gasteiger partial charge in [0.25, 0.3) is 5.56 Å². The first-order chi connectivity index (χ1) is 11.4. The Hall–Kier alpha value is -2.22. The van der Waals surface area contributed by atoms with Gasteiger partial charge in [0.05, 0.1) is 5.56 Å². The smallest absolute Gasteiger partial charge is 0.279 e. The van der Waals surface area contributed by atoms with Crippen LogP contribution in [0.2, 0.25) is 0 Å². The van der Waals surface area contributed by atoms with Crippen molar-refractivity contribution in [2.24, 2.45) is 7.05 Å². The minimum absolute atomic E-state index is 0.0131. The molecule has 0 spiro atoms. The average molecular weight is 351 g/mol. The highest BCUT2D eigenvalue weighted by Crippen LogP contribution is 2.36. The maximum absolute atomic E-state index is 14.2. The molecule has 1 aliphatic heterocycles. The predicted molar refractivity (Wildman–Crippen MR) is 87.3 cm³/mol. The summed E-state index contributed by atoms with van der Waals surface area (Å²) in [6, 6.07) is 3.02. The normalized spacial score (nSPS) is 16.7. The summed E-state index contributed by atoms with van der Waals surface area (Å²) in [5, 5.41) is 3.12. The molecule has 0 fully saturated rings. The summed E-state index contributed by atoms with van der Waals surface area (Å²) in [4.78, 5) is 28.6. The first-order valence-corrected chi connectivity index (χ1v) is 8.39. The van der Waals surface area contributed by atoms with E-state index < -0.39 is 23.1 Å². The molecular weight excluding hydrogens is 336 g/mol. The molecule has 1 aromatic carbocycles. The predicted octanol–water partition coefficient (Wildman–Crippen LogP) is 2.64. The number of carbonyl (C=O) groups excluding carboxylic acids is 1. The van der Waals surface area contributed by atoms with Crippen LogP contribution in [0.3, 0.4) is 0 Å². The SMILES string of the molecule is CCSc1nc(=O)c2c(n1C)NC(=O)CC2c1cc(F)ccc1F. The molecule has 1 aromatic heterocycles. The summed E-state index contributed by atoms with van der Waals surface area (Å²) < 4.78 is 29.3. The third-order valence-electron chi connectivity index (χ3n) is 3.91. The molecule has 8 heteroatoms. The van der Waals surface area contributed by atoms with Gasteiger partial charge in [-0.05, 0) is 29.5 Å². The number of benzene rings is 1. The lowest BCUT2D eigenvalue weighted by atomic mass is 9.86. The molecule has 5 nitrogen and oxygen atoms in total. The number of nitrogens with one attached hydrogen (secondary N) is 1. The molecule has 1 unspecified atom stereocenters. The number of nitrogens with zero attached hydrogens (tertiary/aromatic N) is 2. The van der Waals surface area contributed by atoms with E-state index in [2.05, 4.69) is 10.3 Å². The van der Waals surface area contributed by atoms with Gasteiger partial charge in [-0.25, -0.2) is 8.78 Å². The summed E-state index contributed by atoms with van der Waals surface area (Å²) >= 11 is 1.36. The number of halogens is 2. The molecule has 126 valence electrons. The molecule has 0 saturated heterocycles. The highest BCUT2D eigenvalue weighted by molar-refractivity contribution is 7.99. The van der Waals surface area contributed by atoms with Crippen molar-refractivity contribution in [3.63, 3.8) is 0 Å². The molecule has 1 amide bonds. The lowest BCUT2D eigenvalue weighted by Gasteiger charge is -2.27. The van der Waals surface area contributed by atoms with Crippen LogP contribution in [-0.4, -0.2) is 21.2 Å². The number of hydrogen-bond acceptors (Lipinski definition) is 4. The first-order valence-electron chi connectivity index (χ1n) is 7.40. The topological polar surface area (TPSA) is 64.0 Å². The minimum atomic E-state index is -0.865. The van der Waals surface area contributed by atoms with Crippen molar-refractivity contribution >= 4 is 23.5 Å². The van der Waals surface area contributed by atoms with Crippen molar-refractivity contribution in [1.29, 1.82) is 0 Å². The fraction of sp³-hybridized carbons (Fsp3) is 0.312. The third-order valence-corrected chi connectivity index (χ3v) is 4.82. The molecule has 2 aromatic rings. The lowest BCUT2D eigenvalue weighted by molar-refractivity contribution is -0.116. The molecule has 1 N–H and O–H groups in total. The summed E-state index contributed by atoms with van der Waals surface area (Å²) in [7, 11) is 1.67. The van der Waals surface area contributed by atoms with E-state index in [0.29, 0.717) is 10.9 Å². The Kier molecular flexibility index (Phi) is 4.40. The van der Waals surface area contributed by atoms with Gasteiger partial charge in [-0.1, -0.05) is 18.7 Å². The highest BCUT2D eigenvalue weighted by Gasteiger charge is 2.33. The Balaban J connectivity index is 2.24. The van der Waals surface area contributed by atoms with Gasteiger partial charge in [-0.3, -0.25) is 9.59 Å². The number of hydrogen-bond donors (Lipinski definition) is 1. The average Bonchev–Trinajstić information content (AvgIpc) is 2.54. The Morgan fingerprint density at radius 2 is 2.12 bits per heavy atom. The second kappa shape index (κ2) is 6.35. The minimum Gasteiger partial charge on any atom is -0.312 e. The van der Waals surface area contributed by atoms with Crippen LogP contribution >= 0.6 is 11.8 Å². The molecule has 1 atom stereocenters. The second-order valence-corrected chi connectivity index (χ2v) is 6.66. The first kappa shape index (κ1) is 16.6. The Labute approximate surface area is 141 Å². The standard InChI is InChI=1S/C16H15F2N3O2S/c1-3-24-16-20-15(23)13-10(7-12(22)19-14(13)21(16)2)9-6-8(17)4-5-11(9)18/h4-6,10H,3,7H2,1-2H3,(H,19,22).